The van der Waals surface area contributed by atoms with Crippen molar-refractivity contribution in [1.82, 2.24) is 9.97 Å². The molecule has 0 aliphatic rings. The number of rotatable bonds is 12. The van der Waals surface area contributed by atoms with Crippen LogP contribution in [0.1, 0.15) is 81.5 Å². The summed E-state index contributed by atoms with van der Waals surface area (Å²) in [4.78, 5) is 8.15. The summed E-state index contributed by atoms with van der Waals surface area (Å²) in [6, 6.07) is 4.46. The van der Waals surface area contributed by atoms with Crippen molar-refractivity contribution in [3.8, 4) is 5.75 Å². The molecule has 0 amide bonds. The first-order valence-corrected chi connectivity index (χ1v) is 10.7. The third-order valence-corrected chi connectivity index (χ3v) is 5.12. The maximum atomic E-state index is 6.24. The Morgan fingerprint density at radius 1 is 0.857 bits per heavy atom. The minimum atomic E-state index is 0.211. The van der Waals surface area contributed by atoms with E-state index in [-0.39, 0.29) is 5.95 Å². The molecular weight excluding hydrogens is 348 g/mol. The molecule has 0 unspecified atom stereocenters. The summed E-state index contributed by atoms with van der Waals surface area (Å²) in [6.45, 7) is 7.40. The van der Waals surface area contributed by atoms with Crippen LogP contribution in [0.5, 0.6) is 5.75 Å². The molecule has 5 nitrogen and oxygen atoms in total. The number of aryl methyl sites for hydroxylation is 2. The number of unbranched alkanes of at least 4 members (excludes halogenated alkanes) is 5. The number of hydrogen-bond acceptors (Lipinski definition) is 5. The Balaban J connectivity index is 2.06. The van der Waals surface area contributed by atoms with Crippen molar-refractivity contribution < 1.29 is 4.74 Å². The first-order valence-electron chi connectivity index (χ1n) is 10.7. The van der Waals surface area contributed by atoms with Gasteiger partial charge in [-0.2, -0.15) is 4.98 Å². The van der Waals surface area contributed by atoms with Gasteiger partial charge in [0.1, 0.15) is 11.6 Å². The number of aromatic nitrogens is 2. The number of hydrogen-bond donors (Lipinski definition) is 2. The summed E-state index contributed by atoms with van der Waals surface area (Å²) in [5, 5.41) is 0. The number of benzene rings is 1. The van der Waals surface area contributed by atoms with Crippen LogP contribution >= 0.6 is 0 Å². The van der Waals surface area contributed by atoms with Gasteiger partial charge < -0.3 is 16.2 Å². The van der Waals surface area contributed by atoms with Crippen molar-refractivity contribution in [3.63, 3.8) is 0 Å². The molecule has 0 radical (unpaired) electrons. The molecular formula is C23H36N4O. The Morgan fingerprint density at radius 2 is 1.50 bits per heavy atom. The van der Waals surface area contributed by atoms with Gasteiger partial charge in [0.15, 0.2) is 0 Å². The minimum absolute atomic E-state index is 0.211. The molecule has 0 atom stereocenters. The number of anilines is 2. The maximum Gasteiger partial charge on any atom is 0.221 e. The third-order valence-electron chi connectivity index (χ3n) is 5.12. The molecule has 0 fully saturated rings. The van der Waals surface area contributed by atoms with Gasteiger partial charge in [-0.25, -0.2) is 4.98 Å². The predicted molar refractivity (Wildman–Crippen MR) is 118 cm³/mol. The van der Waals surface area contributed by atoms with Crippen LogP contribution < -0.4 is 16.2 Å². The third kappa shape index (κ3) is 6.39. The quantitative estimate of drug-likeness (QED) is 0.497. The van der Waals surface area contributed by atoms with E-state index in [0.717, 1.165) is 37.2 Å². The highest BCUT2D eigenvalue weighted by atomic mass is 16.5. The van der Waals surface area contributed by atoms with Crippen LogP contribution in [-0.2, 0) is 19.3 Å². The SMILES string of the molecule is CCCCCCCCOc1c(CC)cc(Cc2cnc(N)nc2N)cc1CC. The molecule has 1 aromatic heterocycles. The molecule has 2 aromatic rings. The summed E-state index contributed by atoms with van der Waals surface area (Å²) >= 11 is 0. The van der Waals surface area contributed by atoms with Gasteiger partial charge in [-0.05, 0) is 36.0 Å². The van der Waals surface area contributed by atoms with Crippen molar-refractivity contribution in [2.45, 2.75) is 78.6 Å². The fourth-order valence-electron chi connectivity index (χ4n) is 3.49. The van der Waals surface area contributed by atoms with Crippen LogP contribution in [0.2, 0.25) is 0 Å². The largest absolute Gasteiger partial charge is 0.493 e. The maximum absolute atomic E-state index is 6.24. The molecule has 28 heavy (non-hydrogen) atoms. The van der Waals surface area contributed by atoms with Crippen LogP contribution in [0.25, 0.3) is 0 Å². The molecule has 5 heteroatoms. The summed E-state index contributed by atoms with van der Waals surface area (Å²) in [6.07, 6.45) is 12.0. The lowest BCUT2D eigenvalue weighted by Crippen LogP contribution is -2.06. The fraction of sp³-hybridized carbons (Fsp3) is 0.565. The second kappa shape index (κ2) is 11.5. The second-order valence-corrected chi connectivity index (χ2v) is 7.38. The molecule has 0 saturated carbocycles. The van der Waals surface area contributed by atoms with Crippen molar-refractivity contribution in [2.75, 3.05) is 18.1 Å². The summed E-state index contributed by atoms with van der Waals surface area (Å²) in [5.41, 5.74) is 16.2. The molecule has 154 valence electrons. The van der Waals surface area contributed by atoms with E-state index in [1.807, 2.05) is 0 Å². The zero-order valence-corrected chi connectivity index (χ0v) is 17.8. The normalized spacial score (nSPS) is 11.0. The summed E-state index contributed by atoms with van der Waals surface area (Å²) < 4.78 is 6.24. The van der Waals surface area contributed by atoms with Gasteiger partial charge in [0.05, 0.1) is 6.61 Å². The number of nitrogen functional groups attached to an aromatic ring is 2. The highest BCUT2D eigenvalue weighted by Crippen LogP contribution is 2.29. The molecule has 1 aromatic carbocycles. The van der Waals surface area contributed by atoms with Crippen molar-refractivity contribution in [1.29, 1.82) is 0 Å². The Kier molecular flexibility index (Phi) is 9.05. The molecule has 0 spiro atoms. The molecule has 0 saturated heterocycles. The van der Waals surface area contributed by atoms with Crippen molar-refractivity contribution >= 4 is 11.8 Å². The molecule has 0 aliphatic heterocycles. The average Bonchev–Trinajstić information content (AvgIpc) is 2.69. The second-order valence-electron chi connectivity index (χ2n) is 7.38. The number of ether oxygens (including phenoxy) is 1. The fourth-order valence-corrected chi connectivity index (χ4v) is 3.49. The van der Waals surface area contributed by atoms with E-state index in [2.05, 4.69) is 42.9 Å². The van der Waals surface area contributed by atoms with E-state index in [9.17, 15) is 0 Å². The lowest BCUT2D eigenvalue weighted by atomic mass is 9.97. The smallest absolute Gasteiger partial charge is 0.221 e. The molecule has 0 bridgehead atoms. The minimum Gasteiger partial charge on any atom is -0.493 e. The standard InChI is InChI=1S/C23H36N4O/c1-4-7-8-9-10-11-12-28-21-18(5-2)13-17(14-19(21)6-3)15-20-16-26-23(25)27-22(20)24/h13-14,16H,4-12,15H2,1-3H3,(H4,24,25,26,27). The zero-order valence-electron chi connectivity index (χ0n) is 17.8. The van der Waals surface area contributed by atoms with Gasteiger partial charge in [0.2, 0.25) is 5.95 Å². The van der Waals surface area contributed by atoms with Crippen molar-refractivity contribution in [3.05, 3.63) is 40.6 Å². The van der Waals surface area contributed by atoms with Crippen molar-refractivity contribution in [2.24, 2.45) is 0 Å². The van der Waals surface area contributed by atoms with E-state index in [4.69, 9.17) is 16.2 Å². The Morgan fingerprint density at radius 3 is 2.11 bits per heavy atom. The monoisotopic (exact) mass is 384 g/mol. The zero-order chi connectivity index (χ0) is 20.4. The number of nitrogens with zero attached hydrogens (tertiary/aromatic N) is 2. The van der Waals surface area contributed by atoms with Gasteiger partial charge in [-0.1, -0.05) is 65.0 Å². The lowest BCUT2D eigenvalue weighted by molar-refractivity contribution is 0.299. The summed E-state index contributed by atoms with van der Waals surface area (Å²) in [7, 11) is 0. The molecule has 2 rings (SSSR count). The topological polar surface area (TPSA) is 87.0 Å². The highest BCUT2D eigenvalue weighted by Gasteiger charge is 2.12. The van der Waals surface area contributed by atoms with Crippen LogP contribution in [0, 0.1) is 0 Å². The van der Waals surface area contributed by atoms with E-state index >= 15 is 0 Å². The first kappa shape index (κ1) is 22.0. The molecule has 0 aliphatic carbocycles. The van der Waals surface area contributed by atoms with E-state index in [1.54, 1.807) is 6.20 Å². The van der Waals surface area contributed by atoms with E-state index in [1.165, 1.54) is 48.8 Å². The molecule has 4 N–H and O–H groups in total. The van der Waals surface area contributed by atoms with Gasteiger partial charge in [0.25, 0.3) is 0 Å². The van der Waals surface area contributed by atoms with E-state index in [0.29, 0.717) is 12.2 Å². The summed E-state index contributed by atoms with van der Waals surface area (Å²) in [5.74, 6) is 1.74. The van der Waals surface area contributed by atoms with Crippen LogP contribution in [0.4, 0.5) is 11.8 Å². The van der Waals surface area contributed by atoms with E-state index < -0.39 is 0 Å². The lowest BCUT2D eigenvalue weighted by Gasteiger charge is -2.17. The average molecular weight is 385 g/mol. The predicted octanol–water partition coefficient (Wildman–Crippen LogP) is 5.10. The number of nitrogens with two attached hydrogens (primary N) is 2. The first-order chi connectivity index (χ1) is 13.6. The van der Waals surface area contributed by atoms with Gasteiger partial charge in [0, 0.05) is 18.2 Å². The van der Waals surface area contributed by atoms with Crippen LogP contribution in [0.3, 0.4) is 0 Å². The van der Waals surface area contributed by atoms with Gasteiger partial charge in [-0.3, -0.25) is 0 Å². The van der Waals surface area contributed by atoms with Crippen LogP contribution in [-0.4, -0.2) is 16.6 Å². The Hall–Kier alpha value is -2.30. The Bertz CT molecular complexity index is 720. The highest BCUT2D eigenvalue weighted by molar-refractivity contribution is 5.49. The molecule has 1 heterocycles. The van der Waals surface area contributed by atoms with Gasteiger partial charge >= 0.3 is 0 Å². The van der Waals surface area contributed by atoms with Crippen LogP contribution in [0.15, 0.2) is 18.3 Å². The Labute approximate surface area is 169 Å². The van der Waals surface area contributed by atoms with Gasteiger partial charge in [-0.15, -0.1) is 0 Å².